The number of amides is 1. The highest BCUT2D eigenvalue weighted by molar-refractivity contribution is 5.70. The highest BCUT2D eigenvalue weighted by Gasteiger charge is 2.31. The predicted octanol–water partition coefficient (Wildman–Crippen LogP) is 3.23. The third-order valence-corrected chi connectivity index (χ3v) is 2.67. The van der Waals surface area contributed by atoms with E-state index in [1.807, 2.05) is 6.26 Å². The van der Waals surface area contributed by atoms with Crippen LogP contribution in [0, 0.1) is 5.92 Å². The van der Waals surface area contributed by atoms with Crippen LogP contribution < -0.4 is 5.32 Å². The van der Waals surface area contributed by atoms with E-state index >= 15 is 0 Å². The number of pyridine rings is 1. The van der Waals surface area contributed by atoms with Crippen LogP contribution in [0.5, 0.6) is 0 Å². The Bertz CT molecular complexity index is 469. The van der Waals surface area contributed by atoms with Crippen molar-refractivity contribution in [3.8, 4) is 0 Å². The fourth-order valence-corrected chi connectivity index (χ4v) is 1.29. The van der Waals surface area contributed by atoms with Crippen molar-refractivity contribution < 1.29 is 22.7 Å². The van der Waals surface area contributed by atoms with Crippen LogP contribution in [0.3, 0.4) is 0 Å². The molecule has 2 heterocycles. The number of carbonyl (C=O) groups excluding carboxylic acids is 1. The monoisotopic (exact) mass is 288 g/mol. The number of aromatic nitrogens is 1. The maximum Gasteiger partial charge on any atom is 0.433 e. The Balaban J connectivity index is 0.000000240. The van der Waals surface area contributed by atoms with Crippen molar-refractivity contribution in [2.75, 3.05) is 11.9 Å². The Morgan fingerprint density at radius 2 is 2.15 bits per heavy atom. The van der Waals surface area contributed by atoms with Gasteiger partial charge in [0.05, 0.1) is 24.8 Å². The molecule has 20 heavy (non-hydrogen) atoms. The van der Waals surface area contributed by atoms with Crippen LogP contribution in [-0.4, -0.2) is 18.0 Å². The second kappa shape index (κ2) is 6.93. The molecule has 0 fully saturated rings. The first-order valence-electron chi connectivity index (χ1n) is 5.86. The van der Waals surface area contributed by atoms with E-state index in [1.54, 1.807) is 0 Å². The van der Waals surface area contributed by atoms with Crippen molar-refractivity contribution in [1.82, 2.24) is 4.98 Å². The number of nitrogens with one attached hydrogen (secondary N) is 1. The maximum atomic E-state index is 12.0. The van der Waals surface area contributed by atoms with Crippen molar-refractivity contribution >= 4 is 12.1 Å². The number of carbonyl (C=O) groups is 1. The Hall–Kier alpha value is -2.05. The Kier molecular flexibility index (Phi) is 5.54. The summed E-state index contributed by atoms with van der Waals surface area (Å²) in [6, 6.07) is 1.93. The Morgan fingerprint density at radius 1 is 1.45 bits per heavy atom. The number of anilines is 1. The van der Waals surface area contributed by atoms with Gasteiger partial charge in [-0.05, 0) is 24.6 Å². The molecule has 1 aromatic rings. The molecule has 4 nitrogen and oxygen atoms in total. The fourth-order valence-electron chi connectivity index (χ4n) is 1.29. The lowest BCUT2D eigenvalue weighted by Crippen LogP contribution is -2.07. The van der Waals surface area contributed by atoms with Gasteiger partial charge in [-0.25, -0.2) is 4.98 Å². The van der Waals surface area contributed by atoms with E-state index in [1.165, 1.54) is 5.57 Å². The van der Waals surface area contributed by atoms with Gasteiger partial charge in [0, 0.05) is 5.92 Å². The van der Waals surface area contributed by atoms with Crippen LogP contribution in [0.2, 0.25) is 0 Å². The molecule has 1 unspecified atom stereocenters. The molecule has 0 saturated carbocycles. The average molecular weight is 288 g/mol. The highest BCUT2D eigenvalue weighted by atomic mass is 19.4. The van der Waals surface area contributed by atoms with Crippen LogP contribution in [0.4, 0.5) is 18.9 Å². The molecule has 1 amide bonds. The molecule has 0 spiro atoms. The lowest BCUT2D eigenvalue weighted by molar-refractivity contribution is -0.141. The van der Waals surface area contributed by atoms with Crippen LogP contribution in [0.25, 0.3) is 0 Å². The average Bonchev–Trinajstić information content (AvgIpc) is 2.75. The van der Waals surface area contributed by atoms with Crippen molar-refractivity contribution in [3.63, 3.8) is 0 Å². The van der Waals surface area contributed by atoms with Gasteiger partial charge in [-0.3, -0.25) is 4.79 Å². The van der Waals surface area contributed by atoms with Crippen molar-refractivity contribution in [2.24, 2.45) is 5.92 Å². The molecule has 0 aliphatic carbocycles. The van der Waals surface area contributed by atoms with Gasteiger partial charge >= 0.3 is 6.18 Å². The van der Waals surface area contributed by atoms with E-state index in [2.05, 4.69) is 24.1 Å². The first-order valence-corrected chi connectivity index (χ1v) is 5.86. The quantitative estimate of drug-likeness (QED) is 0.850. The number of nitrogens with zero attached hydrogens (tertiary/aromatic N) is 1. The molecular formula is C13H15F3N2O2. The minimum Gasteiger partial charge on any atom is -0.501 e. The lowest BCUT2D eigenvalue weighted by Gasteiger charge is -2.05. The topological polar surface area (TPSA) is 51.2 Å². The molecule has 0 aromatic carbocycles. The number of rotatable bonds is 2. The zero-order valence-corrected chi connectivity index (χ0v) is 11.1. The molecule has 7 heteroatoms. The normalized spacial score (nSPS) is 17.4. The second-order valence-corrected chi connectivity index (χ2v) is 4.29. The summed E-state index contributed by atoms with van der Waals surface area (Å²) < 4.78 is 40.9. The lowest BCUT2D eigenvalue weighted by atomic mass is 10.1. The minimum absolute atomic E-state index is 0.225. The zero-order chi connectivity index (χ0) is 15.2. The summed E-state index contributed by atoms with van der Waals surface area (Å²) in [5, 5.41) is 2.18. The fraction of sp³-hybridized carbons (Fsp3) is 0.385. The van der Waals surface area contributed by atoms with E-state index in [9.17, 15) is 18.0 Å². The number of halogens is 3. The van der Waals surface area contributed by atoms with Gasteiger partial charge in [0.25, 0.3) is 0 Å². The smallest absolute Gasteiger partial charge is 0.433 e. The van der Waals surface area contributed by atoms with Crippen LogP contribution in [-0.2, 0) is 15.7 Å². The van der Waals surface area contributed by atoms with E-state index in [0.29, 0.717) is 12.3 Å². The van der Waals surface area contributed by atoms with Crippen LogP contribution in [0.15, 0.2) is 30.2 Å². The maximum absolute atomic E-state index is 12.0. The van der Waals surface area contributed by atoms with Gasteiger partial charge in [-0.1, -0.05) is 6.92 Å². The third kappa shape index (κ3) is 4.91. The number of alkyl halides is 3. The molecule has 0 bridgehead atoms. The van der Waals surface area contributed by atoms with Crippen LogP contribution >= 0.6 is 0 Å². The van der Waals surface area contributed by atoms with Crippen molar-refractivity contribution in [2.45, 2.75) is 20.0 Å². The molecule has 1 aromatic heterocycles. The highest BCUT2D eigenvalue weighted by Crippen LogP contribution is 2.27. The second-order valence-electron chi connectivity index (χ2n) is 4.29. The van der Waals surface area contributed by atoms with Gasteiger partial charge < -0.3 is 10.1 Å². The molecule has 0 radical (unpaired) electrons. The predicted molar refractivity (Wildman–Crippen MR) is 67.8 cm³/mol. The molecular weight excluding hydrogens is 273 g/mol. The first kappa shape index (κ1) is 16.0. The summed E-state index contributed by atoms with van der Waals surface area (Å²) in [7, 11) is 0. The molecule has 1 atom stereocenters. The summed E-state index contributed by atoms with van der Waals surface area (Å²) >= 11 is 0. The van der Waals surface area contributed by atoms with Crippen molar-refractivity contribution in [3.05, 3.63) is 35.9 Å². The molecule has 1 aliphatic heterocycles. The third-order valence-electron chi connectivity index (χ3n) is 2.67. The van der Waals surface area contributed by atoms with Gasteiger partial charge in [-0.2, -0.15) is 13.2 Å². The molecule has 0 saturated heterocycles. The van der Waals surface area contributed by atoms with Gasteiger partial charge in [0.15, 0.2) is 0 Å². The van der Waals surface area contributed by atoms with E-state index in [0.717, 1.165) is 24.9 Å². The standard InChI is InChI=1S/C7H5F3N2O.C6H10O/c8-7(9,10)6-2-1-5(3-11-6)12-4-13;1-5-3-7-4-6(5)2/h1-4H,(H,12,13);3,6H,4H2,1-2H3. The Morgan fingerprint density at radius 3 is 2.45 bits per heavy atom. The van der Waals surface area contributed by atoms with Gasteiger partial charge in [0.1, 0.15) is 5.69 Å². The number of ether oxygens (including phenoxy) is 1. The van der Waals surface area contributed by atoms with Crippen molar-refractivity contribution in [1.29, 1.82) is 0 Å². The molecule has 1 aliphatic rings. The number of hydrogen-bond acceptors (Lipinski definition) is 3. The SMILES string of the molecule is CC1=COCC1C.O=CNc1ccc(C(F)(F)F)nc1. The molecule has 1 N–H and O–H groups in total. The summed E-state index contributed by atoms with van der Waals surface area (Å²) in [4.78, 5) is 13.0. The van der Waals surface area contributed by atoms with Crippen LogP contribution in [0.1, 0.15) is 19.5 Å². The first-order chi connectivity index (χ1) is 9.34. The van der Waals surface area contributed by atoms with E-state index < -0.39 is 11.9 Å². The molecule has 110 valence electrons. The van der Waals surface area contributed by atoms with E-state index in [4.69, 9.17) is 4.74 Å². The van der Waals surface area contributed by atoms with Gasteiger partial charge in [0.2, 0.25) is 6.41 Å². The summed E-state index contributed by atoms with van der Waals surface area (Å²) in [6.45, 7) is 5.14. The minimum atomic E-state index is -4.44. The largest absolute Gasteiger partial charge is 0.501 e. The molecule has 2 rings (SSSR count). The van der Waals surface area contributed by atoms with Gasteiger partial charge in [-0.15, -0.1) is 0 Å². The summed E-state index contributed by atoms with van der Waals surface area (Å²) in [6.07, 6.45) is -1.30. The summed E-state index contributed by atoms with van der Waals surface area (Å²) in [5.41, 5.74) is 0.604. The summed E-state index contributed by atoms with van der Waals surface area (Å²) in [5.74, 6) is 0.653. The Labute approximate surface area is 114 Å². The van der Waals surface area contributed by atoms with E-state index in [-0.39, 0.29) is 5.69 Å². The zero-order valence-electron chi connectivity index (χ0n) is 11.1. The number of hydrogen-bond donors (Lipinski definition) is 1.